The van der Waals surface area contributed by atoms with Gasteiger partial charge in [0.2, 0.25) is 0 Å². The fourth-order valence-electron chi connectivity index (χ4n) is 4.42. The zero-order chi connectivity index (χ0) is 12.8. The van der Waals surface area contributed by atoms with Crippen LogP contribution >= 0.6 is 11.8 Å². The van der Waals surface area contributed by atoms with Crippen molar-refractivity contribution in [1.29, 1.82) is 0 Å². The molecule has 2 nitrogen and oxygen atoms in total. The first-order valence-electron chi connectivity index (χ1n) is 7.53. The summed E-state index contributed by atoms with van der Waals surface area (Å²) in [6.45, 7) is 5.76. The van der Waals surface area contributed by atoms with Gasteiger partial charge < -0.3 is 10.1 Å². The zero-order valence-corrected chi connectivity index (χ0v) is 12.8. The molecule has 3 fully saturated rings. The molecule has 0 radical (unpaired) electrons. The molecule has 5 atom stereocenters. The van der Waals surface area contributed by atoms with Gasteiger partial charge in [-0.2, -0.15) is 11.8 Å². The highest BCUT2D eigenvalue weighted by Gasteiger charge is 2.58. The van der Waals surface area contributed by atoms with Gasteiger partial charge in [-0.05, 0) is 38.4 Å². The van der Waals surface area contributed by atoms with Gasteiger partial charge in [0.05, 0.1) is 6.10 Å². The molecule has 1 aliphatic heterocycles. The Morgan fingerprint density at radius 3 is 2.78 bits per heavy atom. The zero-order valence-electron chi connectivity index (χ0n) is 11.9. The summed E-state index contributed by atoms with van der Waals surface area (Å²) in [5.41, 5.74) is 0.336. The molecule has 3 heteroatoms. The quantitative estimate of drug-likeness (QED) is 0.851. The average molecular weight is 269 g/mol. The van der Waals surface area contributed by atoms with Crippen LogP contribution in [-0.4, -0.2) is 36.3 Å². The van der Waals surface area contributed by atoms with Gasteiger partial charge >= 0.3 is 0 Å². The van der Waals surface area contributed by atoms with E-state index in [1.165, 1.54) is 32.1 Å². The van der Waals surface area contributed by atoms with E-state index in [0.717, 1.165) is 23.8 Å². The first-order valence-corrected chi connectivity index (χ1v) is 8.82. The molecular formula is C15H27NOS. The standard InChI is InChI=1S/C15H27NOS/c1-15(2)13(12-5-4-8-17-14(12)15)16-10-6-7-11(9-10)18-3/h10-14,16H,4-9H2,1-3H3/t10-,11+,12-,13+,14-/m0/s1. The SMILES string of the molecule is CS[C@@H]1CC[C@H](N[C@@H]2[C@@H]3CCCO[C@@H]3C2(C)C)C1. The Kier molecular flexibility index (Phi) is 3.68. The van der Waals surface area contributed by atoms with Crippen LogP contribution in [0.1, 0.15) is 46.0 Å². The van der Waals surface area contributed by atoms with Crippen molar-refractivity contribution in [2.24, 2.45) is 11.3 Å². The minimum atomic E-state index is 0.336. The van der Waals surface area contributed by atoms with Gasteiger partial charge in [0.15, 0.2) is 0 Å². The lowest BCUT2D eigenvalue weighted by molar-refractivity contribution is -0.194. The molecule has 0 unspecified atom stereocenters. The second-order valence-electron chi connectivity index (χ2n) is 6.93. The lowest BCUT2D eigenvalue weighted by Gasteiger charge is -2.60. The van der Waals surface area contributed by atoms with Gasteiger partial charge in [-0.3, -0.25) is 0 Å². The Labute approximate surface area is 116 Å². The minimum Gasteiger partial charge on any atom is -0.377 e. The van der Waals surface area contributed by atoms with Crippen LogP contribution in [0.3, 0.4) is 0 Å². The van der Waals surface area contributed by atoms with Gasteiger partial charge in [0.25, 0.3) is 0 Å². The van der Waals surface area contributed by atoms with Crippen molar-refractivity contribution in [3.8, 4) is 0 Å². The van der Waals surface area contributed by atoms with Crippen molar-refractivity contribution >= 4 is 11.8 Å². The van der Waals surface area contributed by atoms with E-state index in [1.54, 1.807) is 0 Å². The maximum atomic E-state index is 5.99. The Bertz CT molecular complexity index is 307. The maximum absolute atomic E-state index is 5.99. The van der Waals surface area contributed by atoms with E-state index in [4.69, 9.17) is 4.74 Å². The van der Waals surface area contributed by atoms with E-state index < -0.39 is 0 Å². The second-order valence-corrected chi connectivity index (χ2v) is 8.07. The van der Waals surface area contributed by atoms with Crippen LogP contribution in [0.4, 0.5) is 0 Å². The second kappa shape index (κ2) is 4.99. The molecule has 0 aromatic carbocycles. The van der Waals surface area contributed by atoms with Crippen molar-refractivity contribution in [3.63, 3.8) is 0 Å². The monoisotopic (exact) mass is 269 g/mol. The lowest BCUT2D eigenvalue weighted by Crippen LogP contribution is -2.70. The molecule has 0 amide bonds. The molecule has 0 spiro atoms. The first kappa shape index (κ1) is 13.3. The molecule has 0 aromatic heterocycles. The molecule has 1 saturated heterocycles. The number of nitrogens with one attached hydrogen (secondary N) is 1. The van der Waals surface area contributed by atoms with E-state index in [0.29, 0.717) is 17.6 Å². The summed E-state index contributed by atoms with van der Waals surface area (Å²) in [5.74, 6) is 0.780. The third-order valence-electron chi connectivity index (χ3n) is 5.46. The number of rotatable bonds is 3. The average Bonchev–Trinajstić information content (AvgIpc) is 2.84. The highest BCUT2D eigenvalue weighted by atomic mass is 32.2. The number of hydrogen-bond acceptors (Lipinski definition) is 3. The summed E-state index contributed by atoms with van der Waals surface area (Å²) in [6, 6.07) is 1.45. The number of ether oxygens (including phenoxy) is 1. The van der Waals surface area contributed by atoms with Gasteiger partial charge in [-0.15, -0.1) is 0 Å². The Morgan fingerprint density at radius 2 is 2.06 bits per heavy atom. The Balaban J connectivity index is 1.59. The molecule has 18 heavy (non-hydrogen) atoms. The van der Waals surface area contributed by atoms with E-state index in [1.807, 2.05) is 11.8 Å². The fourth-order valence-corrected chi connectivity index (χ4v) is 5.22. The van der Waals surface area contributed by atoms with E-state index in [2.05, 4.69) is 25.4 Å². The van der Waals surface area contributed by atoms with Gasteiger partial charge in [0.1, 0.15) is 0 Å². The van der Waals surface area contributed by atoms with Crippen molar-refractivity contribution in [2.45, 2.75) is 69.4 Å². The molecule has 0 aromatic rings. The Morgan fingerprint density at radius 1 is 1.22 bits per heavy atom. The summed E-state index contributed by atoms with van der Waals surface area (Å²) >= 11 is 2.05. The van der Waals surface area contributed by atoms with Crippen LogP contribution in [0.5, 0.6) is 0 Å². The number of fused-ring (bicyclic) bond motifs is 1. The largest absolute Gasteiger partial charge is 0.377 e. The summed E-state index contributed by atoms with van der Waals surface area (Å²) in [4.78, 5) is 0. The van der Waals surface area contributed by atoms with Crippen LogP contribution in [0, 0.1) is 11.3 Å². The maximum Gasteiger partial charge on any atom is 0.0684 e. The molecule has 3 aliphatic rings. The topological polar surface area (TPSA) is 21.3 Å². The lowest BCUT2D eigenvalue weighted by atomic mass is 9.55. The molecule has 2 saturated carbocycles. The van der Waals surface area contributed by atoms with Crippen molar-refractivity contribution in [2.75, 3.05) is 12.9 Å². The van der Waals surface area contributed by atoms with E-state index in [9.17, 15) is 0 Å². The smallest absolute Gasteiger partial charge is 0.0684 e. The van der Waals surface area contributed by atoms with Crippen molar-refractivity contribution in [1.82, 2.24) is 5.32 Å². The number of hydrogen-bond donors (Lipinski definition) is 1. The summed E-state index contributed by atoms with van der Waals surface area (Å²) in [5, 5.41) is 4.87. The van der Waals surface area contributed by atoms with Crippen LogP contribution in [0.2, 0.25) is 0 Å². The first-order chi connectivity index (χ1) is 8.63. The Hall–Kier alpha value is 0.270. The van der Waals surface area contributed by atoms with Gasteiger partial charge in [0, 0.05) is 35.3 Å². The van der Waals surface area contributed by atoms with Crippen LogP contribution < -0.4 is 5.32 Å². The third-order valence-corrected chi connectivity index (χ3v) is 6.56. The van der Waals surface area contributed by atoms with Gasteiger partial charge in [-0.25, -0.2) is 0 Å². The van der Waals surface area contributed by atoms with Crippen molar-refractivity contribution in [3.05, 3.63) is 0 Å². The van der Waals surface area contributed by atoms with E-state index >= 15 is 0 Å². The highest BCUT2D eigenvalue weighted by molar-refractivity contribution is 7.99. The molecule has 1 heterocycles. The van der Waals surface area contributed by atoms with Crippen LogP contribution in [-0.2, 0) is 4.74 Å². The summed E-state index contributed by atoms with van der Waals surface area (Å²) < 4.78 is 5.99. The molecule has 104 valence electrons. The molecule has 2 aliphatic carbocycles. The molecule has 3 rings (SSSR count). The summed E-state index contributed by atoms with van der Waals surface area (Å²) in [7, 11) is 0. The highest BCUT2D eigenvalue weighted by Crippen LogP contribution is 2.51. The normalized spacial score (nSPS) is 46.5. The van der Waals surface area contributed by atoms with Crippen LogP contribution in [0.25, 0.3) is 0 Å². The van der Waals surface area contributed by atoms with Crippen molar-refractivity contribution < 1.29 is 4.74 Å². The molecule has 0 bridgehead atoms. The van der Waals surface area contributed by atoms with E-state index in [-0.39, 0.29) is 0 Å². The van der Waals surface area contributed by atoms with Gasteiger partial charge in [-0.1, -0.05) is 13.8 Å². The molecular weight excluding hydrogens is 242 g/mol. The minimum absolute atomic E-state index is 0.336. The third kappa shape index (κ3) is 2.12. The fraction of sp³-hybridized carbons (Fsp3) is 1.00. The molecule has 1 N–H and O–H groups in total. The predicted molar refractivity (Wildman–Crippen MR) is 78.1 cm³/mol. The number of thioether (sulfide) groups is 1. The summed E-state index contributed by atoms with van der Waals surface area (Å²) in [6.07, 6.45) is 9.53. The predicted octanol–water partition coefficient (Wildman–Crippen LogP) is 3.06. The van der Waals surface area contributed by atoms with Crippen LogP contribution in [0.15, 0.2) is 0 Å².